The highest BCUT2D eigenvalue weighted by Crippen LogP contribution is 2.32. The van der Waals surface area contributed by atoms with Crippen LogP contribution in [0.25, 0.3) is 0 Å². The highest BCUT2D eigenvalue weighted by atomic mass is 19.4. The lowest BCUT2D eigenvalue weighted by Gasteiger charge is -2.15. The van der Waals surface area contributed by atoms with Crippen molar-refractivity contribution in [2.45, 2.75) is 123 Å². The standard InChI is InChI=1S/C21H30N2O9.C18H23F3O.C2H6/c1-4-5-6-9-19(24)22-15(2)20(25)32-17-11-10-16(14-18(17)29-3)21(26)30-12-7-8-13-31-23(27)28;19-18(20,21)16-11-7-12-17(14-16)22-13-6-5-10-15-8-3-1-2-4-9-15;1-2/h10-11,14-15H,4-9,12-13H2,1-3H3,(H,22,24);5,7,10-12,14-15H,1-4,6,8-9,13H2;1-2H3/b;10-5+;. The number of alkyl halides is 3. The van der Waals surface area contributed by atoms with Gasteiger partial charge < -0.3 is 29.1 Å². The summed E-state index contributed by atoms with van der Waals surface area (Å²) < 4.78 is 58.8. The minimum absolute atomic E-state index is 0.0639. The second kappa shape index (κ2) is 28.6. The molecule has 1 fully saturated rings. The summed E-state index contributed by atoms with van der Waals surface area (Å²) in [6.45, 7) is 7.96. The van der Waals surface area contributed by atoms with Gasteiger partial charge in [0.25, 0.3) is 5.09 Å². The lowest BCUT2D eigenvalue weighted by atomic mass is 10.00. The third kappa shape index (κ3) is 21.3. The molecule has 12 nitrogen and oxygen atoms in total. The molecule has 0 aromatic heterocycles. The first-order chi connectivity index (χ1) is 26.8. The molecule has 1 atom stereocenters. The number of ether oxygens (including phenoxy) is 4. The summed E-state index contributed by atoms with van der Waals surface area (Å²) in [7, 11) is 1.36. The molecule has 15 heteroatoms. The molecule has 0 radical (unpaired) electrons. The van der Waals surface area contributed by atoms with Crippen LogP contribution in [0.1, 0.15) is 127 Å². The van der Waals surface area contributed by atoms with Gasteiger partial charge in [-0.3, -0.25) is 4.79 Å². The fraction of sp³-hybridized carbons (Fsp3) is 0.585. The van der Waals surface area contributed by atoms with Crippen molar-refractivity contribution in [2.75, 3.05) is 26.9 Å². The summed E-state index contributed by atoms with van der Waals surface area (Å²) in [6.07, 6.45) is 12.3. The monoisotopic (exact) mass is 796 g/mol. The van der Waals surface area contributed by atoms with Gasteiger partial charge in [-0.1, -0.05) is 77.5 Å². The van der Waals surface area contributed by atoms with E-state index in [1.807, 2.05) is 20.8 Å². The number of esters is 2. The molecule has 3 rings (SSSR count). The summed E-state index contributed by atoms with van der Waals surface area (Å²) in [5.41, 5.74) is -0.487. The zero-order chi connectivity index (χ0) is 41.8. The number of halogens is 3. The molecule has 0 saturated heterocycles. The second-order valence-electron chi connectivity index (χ2n) is 12.8. The van der Waals surface area contributed by atoms with E-state index in [0.717, 1.165) is 37.8 Å². The number of rotatable bonds is 20. The number of methoxy groups -OCH3 is 1. The van der Waals surface area contributed by atoms with Crippen molar-refractivity contribution < 1.29 is 56.4 Å². The van der Waals surface area contributed by atoms with Gasteiger partial charge in [0.05, 0.1) is 38.1 Å². The number of unbranched alkanes of at least 4 members (excludes halogenated alkanes) is 3. The molecule has 0 heterocycles. The van der Waals surface area contributed by atoms with Crippen LogP contribution in [0, 0.1) is 16.0 Å². The van der Waals surface area contributed by atoms with Crippen molar-refractivity contribution in [3.05, 3.63) is 75.9 Å². The number of benzene rings is 2. The normalized spacial score (nSPS) is 13.4. The molecule has 0 aliphatic heterocycles. The minimum Gasteiger partial charge on any atom is -0.493 e. The Morgan fingerprint density at radius 1 is 0.946 bits per heavy atom. The van der Waals surface area contributed by atoms with E-state index in [4.69, 9.17) is 18.9 Å². The highest BCUT2D eigenvalue weighted by molar-refractivity contribution is 5.90. The van der Waals surface area contributed by atoms with E-state index in [9.17, 15) is 37.7 Å². The second-order valence-corrected chi connectivity index (χ2v) is 12.8. The molecule has 2 aromatic rings. The molecule has 1 unspecified atom stereocenters. The summed E-state index contributed by atoms with van der Waals surface area (Å²) in [4.78, 5) is 50.5. The summed E-state index contributed by atoms with van der Waals surface area (Å²) in [5.74, 6) is -0.332. The van der Waals surface area contributed by atoms with Gasteiger partial charge in [0.1, 0.15) is 11.8 Å². The van der Waals surface area contributed by atoms with Crippen molar-refractivity contribution in [3.63, 3.8) is 0 Å². The number of carbonyl (C=O) groups excluding carboxylic acids is 3. The van der Waals surface area contributed by atoms with Crippen LogP contribution in [-0.4, -0.2) is 55.9 Å². The van der Waals surface area contributed by atoms with Crippen LogP contribution in [0.5, 0.6) is 17.2 Å². The van der Waals surface area contributed by atoms with E-state index >= 15 is 0 Å². The molecule has 1 aliphatic rings. The molecule has 0 spiro atoms. The number of hydrogen-bond acceptors (Lipinski definition) is 10. The summed E-state index contributed by atoms with van der Waals surface area (Å²) >= 11 is 0. The van der Waals surface area contributed by atoms with Crippen LogP contribution in [0.2, 0.25) is 0 Å². The average molecular weight is 797 g/mol. The Hall–Kier alpha value is -4.82. The Kier molecular flexibility index (Phi) is 25.1. The molecule has 1 N–H and O–H groups in total. The van der Waals surface area contributed by atoms with Crippen molar-refractivity contribution in [1.29, 1.82) is 0 Å². The predicted octanol–water partition coefficient (Wildman–Crippen LogP) is 9.86. The van der Waals surface area contributed by atoms with Crippen LogP contribution in [0.15, 0.2) is 54.6 Å². The van der Waals surface area contributed by atoms with Crippen molar-refractivity contribution in [2.24, 2.45) is 5.92 Å². The number of nitrogens with one attached hydrogen (secondary N) is 1. The van der Waals surface area contributed by atoms with Gasteiger partial charge >= 0.3 is 18.1 Å². The lowest BCUT2D eigenvalue weighted by Crippen LogP contribution is -2.40. The number of carbonyl (C=O) groups is 3. The van der Waals surface area contributed by atoms with Gasteiger partial charge in [0.2, 0.25) is 5.91 Å². The molecule has 2 aromatic carbocycles. The summed E-state index contributed by atoms with van der Waals surface area (Å²) in [5, 5.41) is 11.8. The fourth-order valence-electron chi connectivity index (χ4n) is 5.37. The molecule has 1 aliphatic carbocycles. The van der Waals surface area contributed by atoms with E-state index in [1.165, 1.54) is 76.8 Å². The first kappa shape index (κ1) is 49.2. The maximum atomic E-state index is 12.6. The van der Waals surface area contributed by atoms with E-state index in [-0.39, 0.29) is 41.9 Å². The third-order valence-electron chi connectivity index (χ3n) is 8.34. The maximum absolute atomic E-state index is 12.6. The van der Waals surface area contributed by atoms with E-state index in [1.54, 1.807) is 6.07 Å². The zero-order valence-electron chi connectivity index (χ0n) is 33.3. The van der Waals surface area contributed by atoms with Crippen LogP contribution < -0.4 is 19.5 Å². The topological polar surface area (TPSA) is 153 Å². The Morgan fingerprint density at radius 2 is 1.64 bits per heavy atom. The van der Waals surface area contributed by atoms with Gasteiger partial charge in [0, 0.05) is 6.42 Å². The average Bonchev–Trinajstić information content (AvgIpc) is 3.46. The van der Waals surface area contributed by atoms with E-state index in [2.05, 4.69) is 22.3 Å². The Balaban J connectivity index is 0.000000568. The molecule has 314 valence electrons. The van der Waals surface area contributed by atoms with Crippen LogP contribution >= 0.6 is 0 Å². The maximum Gasteiger partial charge on any atom is 0.416 e. The number of nitrogens with zero attached hydrogens (tertiary/aromatic N) is 1. The van der Waals surface area contributed by atoms with Gasteiger partial charge in [-0.2, -0.15) is 13.2 Å². The van der Waals surface area contributed by atoms with E-state index in [0.29, 0.717) is 31.8 Å². The third-order valence-corrected chi connectivity index (χ3v) is 8.34. The first-order valence-corrected chi connectivity index (χ1v) is 19.4. The molecule has 56 heavy (non-hydrogen) atoms. The van der Waals surface area contributed by atoms with Crippen LogP contribution in [-0.2, 0) is 25.3 Å². The largest absolute Gasteiger partial charge is 0.493 e. The number of allylic oxidation sites excluding steroid dienone is 1. The van der Waals surface area contributed by atoms with Gasteiger partial charge in [-0.25, -0.2) is 9.59 Å². The van der Waals surface area contributed by atoms with Crippen molar-refractivity contribution >= 4 is 17.8 Å². The number of hydrogen-bond donors (Lipinski definition) is 1. The van der Waals surface area contributed by atoms with Gasteiger partial charge in [0.15, 0.2) is 11.5 Å². The van der Waals surface area contributed by atoms with Gasteiger partial charge in [-0.05, 0) is 87.8 Å². The molecular formula is C41H59F3N2O10. The zero-order valence-corrected chi connectivity index (χ0v) is 33.3. The first-order valence-electron chi connectivity index (χ1n) is 19.4. The van der Waals surface area contributed by atoms with E-state index < -0.39 is 34.8 Å². The molecule has 1 amide bonds. The highest BCUT2D eigenvalue weighted by Gasteiger charge is 2.30. The lowest BCUT2D eigenvalue weighted by molar-refractivity contribution is -0.757. The van der Waals surface area contributed by atoms with Crippen LogP contribution in [0.4, 0.5) is 13.2 Å². The molecular weight excluding hydrogens is 737 g/mol. The Morgan fingerprint density at radius 3 is 2.29 bits per heavy atom. The fourth-order valence-corrected chi connectivity index (χ4v) is 5.37. The minimum atomic E-state index is -4.32. The molecule has 1 saturated carbocycles. The SMILES string of the molecule is CC.CCCCCC(=O)NC(C)C(=O)Oc1ccc(C(=O)OCCCCO[N+](=O)[O-])cc1OC.FC(F)(F)c1cccc(OCC/C=C/C2CCCCCC2)c1. The smallest absolute Gasteiger partial charge is 0.416 e. The molecule has 0 bridgehead atoms. The Labute approximate surface area is 328 Å². The van der Waals surface area contributed by atoms with Crippen molar-refractivity contribution in [3.8, 4) is 17.2 Å². The van der Waals surface area contributed by atoms with Crippen molar-refractivity contribution in [1.82, 2.24) is 5.32 Å². The number of amides is 1. The quantitative estimate of drug-likeness (QED) is 0.0261. The Bertz CT molecular complexity index is 1480. The van der Waals surface area contributed by atoms with Crippen LogP contribution in [0.3, 0.4) is 0 Å². The summed E-state index contributed by atoms with van der Waals surface area (Å²) in [6, 6.07) is 8.37. The van der Waals surface area contributed by atoms with Gasteiger partial charge in [-0.15, -0.1) is 10.1 Å². The predicted molar refractivity (Wildman–Crippen MR) is 206 cm³/mol.